The molecule has 4 heteroatoms. The van der Waals surface area contributed by atoms with Crippen LogP contribution in [0.5, 0.6) is 0 Å². The smallest absolute Gasteiger partial charge is 0.0665 e. The van der Waals surface area contributed by atoms with Gasteiger partial charge in [-0.25, -0.2) is 0 Å². The summed E-state index contributed by atoms with van der Waals surface area (Å²) in [6, 6.07) is 4.04. The molecule has 0 bridgehead atoms. The highest BCUT2D eigenvalue weighted by Crippen LogP contribution is 2.28. The van der Waals surface area contributed by atoms with Crippen LogP contribution in [-0.4, -0.2) is 24.6 Å². The molecule has 0 aromatic carbocycles. The third-order valence-corrected chi connectivity index (χ3v) is 2.86. The van der Waals surface area contributed by atoms with Crippen LogP contribution in [0.15, 0.2) is 18.3 Å². The Kier molecular flexibility index (Phi) is 6.58. The van der Waals surface area contributed by atoms with Gasteiger partial charge in [0, 0.05) is 18.7 Å². The van der Waals surface area contributed by atoms with Crippen molar-refractivity contribution < 1.29 is 0 Å². The predicted molar refractivity (Wildman–Crippen MR) is 73.1 cm³/mol. The number of aromatic nitrogens is 1. The lowest BCUT2D eigenvalue weighted by Gasteiger charge is -2.19. The van der Waals surface area contributed by atoms with E-state index in [9.17, 15) is 0 Å². The van der Waals surface area contributed by atoms with Gasteiger partial charge < -0.3 is 16.8 Å². The predicted octanol–water partition coefficient (Wildman–Crippen LogP) is 1.68. The minimum Gasteiger partial charge on any atom is -0.384 e. The summed E-state index contributed by atoms with van der Waals surface area (Å²) in [7, 11) is 0. The standard InChI is InChI=1S/C13H24N4/c1-2-16-12-6-4-10-17-13(12)11(7-9-15)5-3-8-14/h4,6,10-11,16H,2-3,5,7-9,14-15H2,1H3. The summed E-state index contributed by atoms with van der Waals surface area (Å²) in [4.78, 5) is 4.51. The average molecular weight is 236 g/mol. The molecule has 0 aliphatic heterocycles. The molecule has 0 spiro atoms. The summed E-state index contributed by atoms with van der Waals surface area (Å²) in [6.07, 6.45) is 4.90. The van der Waals surface area contributed by atoms with Crippen LogP contribution < -0.4 is 16.8 Å². The zero-order chi connectivity index (χ0) is 12.5. The van der Waals surface area contributed by atoms with Crippen molar-refractivity contribution in [3.8, 4) is 0 Å². The molecule has 1 rings (SSSR count). The maximum Gasteiger partial charge on any atom is 0.0665 e. The molecular formula is C13H24N4. The Labute approximate surface area is 104 Å². The Bertz CT molecular complexity index is 314. The first-order chi connectivity index (χ1) is 8.33. The maximum absolute atomic E-state index is 5.68. The number of rotatable bonds is 8. The van der Waals surface area contributed by atoms with Crippen LogP contribution in [0.4, 0.5) is 5.69 Å². The molecule has 1 aromatic heterocycles. The molecule has 0 aliphatic carbocycles. The van der Waals surface area contributed by atoms with Crippen molar-refractivity contribution in [2.24, 2.45) is 11.5 Å². The molecule has 1 aromatic rings. The fourth-order valence-electron chi connectivity index (χ4n) is 2.07. The zero-order valence-electron chi connectivity index (χ0n) is 10.7. The molecule has 0 aliphatic rings. The van der Waals surface area contributed by atoms with E-state index < -0.39 is 0 Å². The summed E-state index contributed by atoms with van der Waals surface area (Å²) >= 11 is 0. The third-order valence-electron chi connectivity index (χ3n) is 2.86. The number of hydrogen-bond acceptors (Lipinski definition) is 4. The Balaban J connectivity index is 2.83. The molecule has 1 unspecified atom stereocenters. The van der Waals surface area contributed by atoms with Crippen molar-refractivity contribution in [3.63, 3.8) is 0 Å². The normalized spacial score (nSPS) is 12.4. The van der Waals surface area contributed by atoms with Crippen molar-refractivity contribution >= 4 is 5.69 Å². The molecule has 0 saturated carbocycles. The van der Waals surface area contributed by atoms with Crippen molar-refractivity contribution in [1.29, 1.82) is 0 Å². The molecule has 0 saturated heterocycles. The second-order valence-corrected chi connectivity index (χ2v) is 4.17. The number of hydrogen-bond donors (Lipinski definition) is 3. The first-order valence-corrected chi connectivity index (χ1v) is 6.42. The van der Waals surface area contributed by atoms with Crippen molar-refractivity contribution in [3.05, 3.63) is 24.0 Å². The molecule has 0 amide bonds. The summed E-state index contributed by atoms with van der Waals surface area (Å²) in [5.74, 6) is 0.416. The second kappa shape index (κ2) is 8.03. The SMILES string of the molecule is CCNc1cccnc1C(CCN)CCCN. The Morgan fingerprint density at radius 1 is 1.29 bits per heavy atom. The lowest BCUT2D eigenvalue weighted by Crippen LogP contribution is -2.13. The van der Waals surface area contributed by atoms with E-state index >= 15 is 0 Å². The molecule has 0 radical (unpaired) electrons. The van der Waals surface area contributed by atoms with Gasteiger partial charge in [-0.15, -0.1) is 0 Å². The van der Waals surface area contributed by atoms with Gasteiger partial charge in [-0.1, -0.05) is 0 Å². The Hall–Kier alpha value is -1.13. The van der Waals surface area contributed by atoms with Crippen LogP contribution >= 0.6 is 0 Å². The molecule has 96 valence electrons. The van der Waals surface area contributed by atoms with E-state index in [0.717, 1.165) is 43.7 Å². The highest BCUT2D eigenvalue weighted by atomic mass is 14.9. The van der Waals surface area contributed by atoms with Gasteiger partial charge >= 0.3 is 0 Å². The van der Waals surface area contributed by atoms with Gasteiger partial charge in [0.1, 0.15) is 0 Å². The van der Waals surface area contributed by atoms with Crippen LogP contribution in [0, 0.1) is 0 Å². The van der Waals surface area contributed by atoms with E-state index in [1.807, 2.05) is 12.3 Å². The Morgan fingerprint density at radius 3 is 2.76 bits per heavy atom. The van der Waals surface area contributed by atoms with Crippen molar-refractivity contribution in [2.45, 2.75) is 32.1 Å². The second-order valence-electron chi connectivity index (χ2n) is 4.17. The maximum atomic E-state index is 5.68. The highest BCUT2D eigenvalue weighted by Gasteiger charge is 2.15. The van der Waals surface area contributed by atoms with Crippen LogP contribution in [0.25, 0.3) is 0 Å². The fraction of sp³-hybridized carbons (Fsp3) is 0.615. The van der Waals surface area contributed by atoms with E-state index in [1.165, 1.54) is 0 Å². The van der Waals surface area contributed by atoms with E-state index in [2.05, 4.69) is 23.3 Å². The zero-order valence-corrected chi connectivity index (χ0v) is 10.7. The van der Waals surface area contributed by atoms with E-state index in [0.29, 0.717) is 12.5 Å². The summed E-state index contributed by atoms with van der Waals surface area (Å²) in [5, 5.41) is 3.36. The number of nitrogens with zero attached hydrogens (tertiary/aromatic N) is 1. The monoisotopic (exact) mass is 236 g/mol. The van der Waals surface area contributed by atoms with Gasteiger partial charge in [0.05, 0.1) is 11.4 Å². The third kappa shape index (κ3) is 4.32. The molecule has 1 heterocycles. The first-order valence-electron chi connectivity index (χ1n) is 6.42. The molecule has 1 atom stereocenters. The van der Waals surface area contributed by atoms with Gasteiger partial charge in [0.15, 0.2) is 0 Å². The number of nitrogens with two attached hydrogens (primary N) is 2. The average Bonchev–Trinajstić information content (AvgIpc) is 2.36. The van der Waals surface area contributed by atoms with E-state index in [1.54, 1.807) is 0 Å². The largest absolute Gasteiger partial charge is 0.384 e. The van der Waals surface area contributed by atoms with Crippen LogP contribution in [0.2, 0.25) is 0 Å². The summed E-state index contributed by atoms with van der Waals surface area (Å²) in [5.41, 5.74) is 13.5. The number of anilines is 1. The first kappa shape index (κ1) is 13.9. The lowest BCUT2D eigenvalue weighted by atomic mass is 9.94. The van der Waals surface area contributed by atoms with E-state index in [4.69, 9.17) is 11.5 Å². The summed E-state index contributed by atoms with van der Waals surface area (Å²) in [6.45, 7) is 4.42. The fourth-order valence-corrected chi connectivity index (χ4v) is 2.07. The molecule has 5 N–H and O–H groups in total. The minimum atomic E-state index is 0.416. The van der Waals surface area contributed by atoms with Gasteiger partial charge in [-0.3, -0.25) is 4.98 Å². The molecule has 4 nitrogen and oxygen atoms in total. The van der Waals surface area contributed by atoms with Gasteiger partial charge in [0.2, 0.25) is 0 Å². The van der Waals surface area contributed by atoms with E-state index in [-0.39, 0.29) is 0 Å². The topological polar surface area (TPSA) is 77.0 Å². The highest BCUT2D eigenvalue weighted by molar-refractivity contribution is 5.49. The van der Waals surface area contributed by atoms with Gasteiger partial charge in [-0.2, -0.15) is 0 Å². The van der Waals surface area contributed by atoms with Crippen LogP contribution in [-0.2, 0) is 0 Å². The van der Waals surface area contributed by atoms with Crippen LogP contribution in [0.1, 0.15) is 37.8 Å². The molecule has 17 heavy (non-hydrogen) atoms. The van der Waals surface area contributed by atoms with Gasteiger partial charge in [0.25, 0.3) is 0 Å². The van der Waals surface area contributed by atoms with Crippen LogP contribution in [0.3, 0.4) is 0 Å². The van der Waals surface area contributed by atoms with Crippen molar-refractivity contribution in [1.82, 2.24) is 4.98 Å². The van der Waals surface area contributed by atoms with Gasteiger partial charge in [-0.05, 0) is 51.4 Å². The molecule has 0 fully saturated rings. The minimum absolute atomic E-state index is 0.416. The summed E-state index contributed by atoms with van der Waals surface area (Å²) < 4.78 is 0. The van der Waals surface area contributed by atoms with Crippen molar-refractivity contribution in [2.75, 3.05) is 25.0 Å². The Morgan fingerprint density at radius 2 is 2.12 bits per heavy atom. The molecular weight excluding hydrogens is 212 g/mol. The number of pyridine rings is 1. The quantitative estimate of drug-likeness (QED) is 0.642. The lowest BCUT2D eigenvalue weighted by molar-refractivity contribution is 0.552. The number of nitrogens with one attached hydrogen (secondary N) is 1.